The maximum Gasteiger partial charge on any atom is 0.244 e. The third kappa shape index (κ3) is 3.89. The molecule has 5 nitrogen and oxygen atoms in total. The number of hydrogen-bond acceptors (Lipinski definition) is 4. The molecule has 2 fully saturated rings. The number of benzene rings is 1. The van der Waals surface area contributed by atoms with Gasteiger partial charge in [-0.1, -0.05) is 71.4 Å². The molecule has 0 radical (unpaired) electrons. The second kappa shape index (κ2) is 8.74. The number of rotatable bonds is 7. The zero-order valence-corrected chi connectivity index (χ0v) is 22.8. The van der Waals surface area contributed by atoms with Gasteiger partial charge in [0.25, 0.3) is 0 Å². The number of carbonyl (C=O) groups excluding carboxylic acids is 1. The van der Waals surface area contributed by atoms with Crippen molar-refractivity contribution in [3.05, 3.63) is 42.0 Å². The van der Waals surface area contributed by atoms with Gasteiger partial charge in [0.15, 0.2) is 0 Å². The van der Waals surface area contributed by atoms with Gasteiger partial charge in [0.1, 0.15) is 5.78 Å². The van der Waals surface area contributed by atoms with E-state index in [2.05, 4.69) is 41.5 Å². The van der Waals surface area contributed by atoms with Crippen LogP contribution in [0.2, 0.25) is 16.6 Å². The Bertz CT molecular complexity index is 983. The summed E-state index contributed by atoms with van der Waals surface area (Å²) in [7, 11) is -5.77. The van der Waals surface area contributed by atoms with Crippen molar-refractivity contribution in [2.75, 3.05) is 0 Å². The molecule has 0 aromatic heterocycles. The molecular weight excluding hydrogens is 450 g/mol. The molecular formula is C26H39NO4SSi. The van der Waals surface area contributed by atoms with Crippen LogP contribution >= 0.6 is 0 Å². The highest BCUT2D eigenvalue weighted by molar-refractivity contribution is 7.89. The fourth-order valence-corrected chi connectivity index (χ4v) is 14.3. The third-order valence-electron chi connectivity index (χ3n) is 8.36. The average molecular weight is 490 g/mol. The van der Waals surface area contributed by atoms with E-state index in [1.165, 1.54) is 0 Å². The van der Waals surface area contributed by atoms with E-state index in [9.17, 15) is 13.2 Å². The van der Waals surface area contributed by atoms with Gasteiger partial charge >= 0.3 is 0 Å². The largest absolute Gasteiger partial charge is 0.413 e. The number of nitrogens with zero attached hydrogens (tertiary/aromatic N) is 1. The van der Waals surface area contributed by atoms with Crippen LogP contribution in [-0.2, 0) is 19.2 Å². The number of ketones is 1. The van der Waals surface area contributed by atoms with Crippen molar-refractivity contribution in [3.8, 4) is 0 Å². The minimum Gasteiger partial charge on any atom is -0.413 e. The zero-order chi connectivity index (χ0) is 24.3. The molecule has 5 atom stereocenters. The summed E-state index contributed by atoms with van der Waals surface area (Å²) in [6.45, 7) is 15.6. The lowest BCUT2D eigenvalue weighted by Gasteiger charge is -2.51. The molecule has 0 N–H and O–H groups in total. The summed E-state index contributed by atoms with van der Waals surface area (Å²) in [5.74, 6) is -0.444. The molecule has 182 valence electrons. The van der Waals surface area contributed by atoms with E-state index in [1.54, 1.807) is 16.4 Å². The van der Waals surface area contributed by atoms with Crippen LogP contribution < -0.4 is 0 Å². The number of hydrogen-bond donors (Lipinski definition) is 0. The van der Waals surface area contributed by atoms with Crippen LogP contribution in [0.5, 0.6) is 0 Å². The summed E-state index contributed by atoms with van der Waals surface area (Å²) < 4.78 is 35.9. The Labute approximate surface area is 200 Å². The number of fused-ring (bicyclic) bond motifs is 6. The Morgan fingerprint density at radius 3 is 1.76 bits per heavy atom. The van der Waals surface area contributed by atoms with Crippen molar-refractivity contribution in [1.29, 1.82) is 0 Å². The van der Waals surface area contributed by atoms with Crippen LogP contribution in [-0.4, -0.2) is 45.0 Å². The lowest BCUT2D eigenvalue weighted by molar-refractivity contribution is -0.139. The third-order valence-corrected chi connectivity index (χ3v) is 16.4. The fraction of sp³-hybridized carbons (Fsp3) is 0.654. The van der Waals surface area contributed by atoms with Crippen molar-refractivity contribution in [2.24, 2.45) is 11.8 Å². The van der Waals surface area contributed by atoms with E-state index in [-0.39, 0.29) is 23.7 Å². The van der Waals surface area contributed by atoms with Gasteiger partial charge in [-0.25, -0.2) is 8.42 Å². The molecule has 33 heavy (non-hydrogen) atoms. The predicted molar refractivity (Wildman–Crippen MR) is 134 cm³/mol. The molecule has 1 aromatic rings. The van der Waals surface area contributed by atoms with E-state index in [4.69, 9.17) is 4.43 Å². The van der Waals surface area contributed by atoms with Crippen molar-refractivity contribution in [1.82, 2.24) is 4.31 Å². The number of piperidine rings is 1. The minimum atomic E-state index is -3.69. The smallest absolute Gasteiger partial charge is 0.244 e. The first-order valence-corrected chi connectivity index (χ1v) is 16.0. The van der Waals surface area contributed by atoms with E-state index >= 15 is 0 Å². The molecule has 1 saturated carbocycles. The first-order valence-electron chi connectivity index (χ1n) is 12.4. The first-order chi connectivity index (χ1) is 15.4. The van der Waals surface area contributed by atoms with Gasteiger partial charge in [-0.2, -0.15) is 4.31 Å². The number of carbonyl (C=O) groups is 1. The van der Waals surface area contributed by atoms with Gasteiger partial charge in [0.2, 0.25) is 18.3 Å². The van der Waals surface area contributed by atoms with Crippen LogP contribution in [0.4, 0.5) is 0 Å². The standard InChI is InChI=1S/C26H39NO4SSi/c1-16(2)33(17(3)4,18(5)6)31-20-14-22-24-12-13-25(23(15-20)26(22)28)27(24)32(29,30)21-10-8-19(7)9-11-21/h8-13,16-18,20,22-25H,14-15H2,1-7H3/t20?,22-,23-,24-,25+/m1/s1. The van der Waals surface area contributed by atoms with Gasteiger partial charge < -0.3 is 4.43 Å². The van der Waals surface area contributed by atoms with Crippen molar-refractivity contribution in [3.63, 3.8) is 0 Å². The molecule has 1 aliphatic carbocycles. The predicted octanol–water partition coefficient (Wildman–Crippen LogP) is 5.46. The normalized spacial score (nSPS) is 30.1. The van der Waals surface area contributed by atoms with E-state index < -0.39 is 30.4 Å². The summed E-state index contributed by atoms with van der Waals surface area (Å²) in [6, 6.07) is 6.19. The van der Waals surface area contributed by atoms with Gasteiger partial charge in [-0.05, 0) is 48.5 Å². The first kappa shape index (κ1) is 24.8. The summed E-state index contributed by atoms with van der Waals surface area (Å²) in [5, 5.41) is 0. The van der Waals surface area contributed by atoms with Crippen LogP contribution in [0.15, 0.2) is 41.3 Å². The quantitative estimate of drug-likeness (QED) is 0.377. The summed E-state index contributed by atoms with van der Waals surface area (Å²) in [6.07, 6.45) is 5.15. The maximum atomic E-state index is 13.6. The number of Topliss-reactive ketones (excluding diaryl/α,β-unsaturated/α-hetero) is 1. The molecule has 3 aliphatic rings. The minimum absolute atomic E-state index is 0.0192. The van der Waals surface area contributed by atoms with Crippen molar-refractivity contribution in [2.45, 2.75) is 101 Å². The molecule has 2 heterocycles. The Morgan fingerprint density at radius 1 is 0.879 bits per heavy atom. The Balaban J connectivity index is 1.64. The lowest BCUT2D eigenvalue weighted by Crippen LogP contribution is -2.62. The molecule has 1 saturated heterocycles. The molecule has 1 aromatic carbocycles. The molecule has 1 unspecified atom stereocenters. The maximum absolute atomic E-state index is 13.6. The lowest BCUT2D eigenvalue weighted by atomic mass is 9.71. The molecule has 2 aliphatic heterocycles. The van der Waals surface area contributed by atoms with Gasteiger partial charge in [-0.3, -0.25) is 4.79 Å². The second-order valence-corrected chi connectivity index (χ2v) is 18.4. The molecule has 7 heteroatoms. The van der Waals surface area contributed by atoms with Crippen LogP contribution in [0.1, 0.15) is 59.9 Å². The highest BCUT2D eigenvalue weighted by Crippen LogP contribution is 2.50. The van der Waals surface area contributed by atoms with Crippen LogP contribution in [0.3, 0.4) is 0 Å². The van der Waals surface area contributed by atoms with Gasteiger partial charge in [-0.15, -0.1) is 0 Å². The van der Waals surface area contributed by atoms with Crippen LogP contribution in [0.25, 0.3) is 0 Å². The molecule has 0 spiro atoms. The summed E-state index contributed by atoms with van der Waals surface area (Å²) >= 11 is 0. The van der Waals surface area contributed by atoms with E-state index in [0.29, 0.717) is 34.4 Å². The van der Waals surface area contributed by atoms with Crippen molar-refractivity contribution >= 4 is 24.1 Å². The Kier molecular flexibility index (Phi) is 6.57. The monoisotopic (exact) mass is 489 g/mol. The average Bonchev–Trinajstić information content (AvgIpc) is 3.14. The topological polar surface area (TPSA) is 63.7 Å². The second-order valence-electron chi connectivity index (χ2n) is 11.2. The number of sulfonamides is 1. The van der Waals surface area contributed by atoms with Crippen LogP contribution in [0, 0.1) is 18.8 Å². The molecule has 0 amide bonds. The molecule has 4 bridgehead atoms. The van der Waals surface area contributed by atoms with Crippen molar-refractivity contribution < 1.29 is 17.6 Å². The zero-order valence-electron chi connectivity index (χ0n) is 21.0. The van der Waals surface area contributed by atoms with Gasteiger partial charge in [0.05, 0.1) is 17.0 Å². The Morgan fingerprint density at radius 2 is 1.33 bits per heavy atom. The SMILES string of the molecule is Cc1ccc(S(=O)(=O)N2[C@@H]3C=C[C@H]2[C@H]2CC(O[Si](C(C)C)(C(C)C)C(C)C)C[C@H]3C2=O)cc1. The number of aryl methyl sites for hydroxylation is 1. The van der Waals surface area contributed by atoms with E-state index in [0.717, 1.165) is 5.56 Å². The summed E-state index contributed by atoms with van der Waals surface area (Å²) in [5.41, 5.74) is 2.45. The Hall–Kier alpha value is -1.28. The highest BCUT2D eigenvalue weighted by atomic mass is 32.2. The summed E-state index contributed by atoms with van der Waals surface area (Å²) in [4.78, 5) is 13.6. The molecule has 4 rings (SSSR count). The highest BCUT2D eigenvalue weighted by Gasteiger charge is 2.58. The fourth-order valence-electron chi connectivity index (χ4n) is 6.95. The van der Waals surface area contributed by atoms with E-state index in [1.807, 2.05) is 31.2 Å². The van der Waals surface area contributed by atoms with Gasteiger partial charge in [0, 0.05) is 17.9 Å².